The molecule has 2 atom stereocenters. The van der Waals surface area contributed by atoms with Crippen molar-refractivity contribution in [2.75, 3.05) is 6.54 Å². The van der Waals surface area contributed by atoms with E-state index in [1.165, 1.54) is 0 Å². The summed E-state index contributed by atoms with van der Waals surface area (Å²) in [5.41, 5.74) is 1.72. The average molecular weight is 317 g/mol. The smallest absolute Gasteiger partial charge is 0.320 e. The lowest BCUT2D eigenvalue weighted by molar-refractivity contribution is -0.142. The normalized spacial score (nSPS) is 20.0. The van der Waals surface area contributed by atoms with Gasteiger partial charge in [0.15, 0.2) is 0 Å². The van der Waals surface area contributed by atoms with Gasteiger partial charge in [0.25, 0.3) is 0 Å². The number of rotatable bonds is 4. The van der Waals surface area contributed by atoms with E-state index in [4.69, 9.17) is 11.6 Å². The van der Waals surface area contributed by atoms with Crippen LogP contribution in [0.4, 0.5) is 0 Å². The van der Waals surface area contributed by atoms with Gasteiger partial charge >= 0.3 is 5.97 Å². The molecule has 0 saturated carbocycles. The Morgan fingerprint density at radius 1 is 1.27 bits per heavy atom. The van der Waals surface area contributed by atoms with Gasteiger partial charge in [0, 0.05) is 17.8 Å². The van der Waals surface area contributed by atoms with E-state index in [1.54, 1.807) is 6.20 Å². The quantitative estimate of drug-likeness (QED) is 0.939. The highest BCUT2D eigenvalue weighted by atomic mass is 35.5. The van der Waals surface area contributed by atoms with Crippen LogP contribution in [0.15, 0.2) is 48.7 Å². The van der Waals surface area contributed by atoms with Crippen molar-refractivity contribution in [3.05, 3.63) is 64.9 Å². The zero-order valence-electron chi connectivity index (χ0n) is 12.0. The first-order valence-electron chi connectivity index (χ1n) is 7.32. The highest BCUT2D eigenvalue weighted by Gasteiger charge is 2.37. The molecule has 0 bridgehead atoms. The Morgan fingerprint density at radius 2 is 2.05 bits per heavy atom. The second-order valence-corrected chi connectivity index (χ2v) is 5.82. The number of hydrogen-bond acceptors (Lipinski definition) is 3. The molecule has 1 fully saturated rings. The molecule has 114 valence electrons. The van der Waals surface area contributed by atoms with E-state index in [-0.39, 0.29) is 6.04 Å². The van der Waals surface area contributed by atoms with Crippen molar-refractivity contribution in [2.24, 2.45) is 0 Å². The second-order valence-electron chi connectivity index (χ2n) is 5.41. The molecular weight excluding hydrogens is 300 g/mol. The number of hydrogen-bond donors (Lipinski definition) is 1. The SMILES string of the molecule is O=C(O)C1CCCN1C(c1ccccn1)c1ccccc1Cl. The molecule has 22 heavy (non-hydrogen) atoms. The van der Waals surface area contributed by atoms with Gasteiger partial charge in [-0.1, -0.05) is 35.9 Å². The van der Waals surface area contributed by atoms with Gasteiger partial charge in [0.2, 0.25) is 0 Å². The van der Waals surface area contributed by atoms with Gasteiger partial charge in [-0.25, -0.2) is 0 Å². The fraction of sp³-hybridized carbons (Fsp3) is 0.294. The lowest BCUT2D eigenvalue weighted by atomic mass is 10.00. The first-order chi connectivity index (χ1) is 10.7. The van der Waals surface area contributed by atoms with Crippen molar-refractivity contribution in [2.45, 2.75) is 24.9 Å². The van der Waals surface area contributed by atoms with Crippen molar-refractivity contribution in [1.29, 1.82) is 0 Å². The number of likely N-dealkylation sites (tertiary alicyclic amines) is 1. The van der Waals surface area contributed by atoms with Crippen LogP contribution in [0.1, 0.15) is 30.1 Å². The van der Waals surface area contributed by atoms with E-state index in [2.05, 4.69) is 4.98 Å². The van der Waals surface area contributed by atoms with Crippen LogP contribution in [0, 0.1) is 0 Å². The maximum Gasteiger partial charge on any atom is 0.320 e. The summed E-state index contributed by atoms with van der Waals surface area (Å²) < 4.78 is 0. The van der Waals surface area contributed by atoms with Crippen LogP contribution in [-0.2, 0) is 4.79 Å². The standard InChI is InChI=1S/C17H17ClN2O2/c18-13-7-2-1-6-12(13)16(14-8-3-4-10-19-14)20-11-5-9-15(20)17(21)22/h1-4,6-8,10,15-16H,5,9,11H2,(H,21,22). The number of nitrogens with zero attached hydrogens (tertiary/aromatic N) is 2. The van der Waals surface area contributed by atoms with Crippen LogP contribution in [0.5, 0.6) is 0 Å². The Morgan fingerprint density at radius 3 is 2.73 bits per heavy atom. The Hall–Kier alpha value is -1.91. The largest absolute Gasteiger partial charge is 0.480 e. The number of benzene rings is 1. The molecule has 0 aliphatic carbocycles. The molecule has 3 rings (SSSR count). The van der Waals surface area contributed by atoms with Gasteiger partial charge < -0.3 is 5.11 Å². The van der Waals surface area contributed by atoms with Gasteiger partial charge in [0.1, 0.15) is 6.04 Å². The van der Waals surface area contributed by atoms with E-state index in [1.807, 2.05) is 47.4 Å². The highest BCUT2D eigenvalue weighted by molar-refractivity contribution is 6.31. The summed E-state index contributed by atoms with van der Waals surface area (Å²) in [6.45, 7) is 0.726. The molecule has 1 aliphatic heterocycles. The molecule has 0 amide bonds. The molecule has 0 spiro atoms. The molecule has 1 aromatic carbocycles. The average Bonchev–Trinajstić information content (AvgIpc) is 3.00. The molecule has 2 aromatic rings. The number of carbonyl (C=O) groups is 1. The zero-order chi connectivity index (χ0) is 15.5. The van der Waals surface area contributed by atoms with Crippen molar-refractivity contribution in [3.63, 3.8) is 0 Å². The summed E-state index contributed by atoms with van der Waals surface area (Å²) in [5, 5.41) is 10.1. The van der Waals surface area contributed by atoms with E-state index < -0.39 is 12.0 Å². The van der Waals surface area contributed by atoms with Crippen LogP contribution in [0.2, 0.25) is 5.02 Å². The maximum absolute atomic E-state index is 11.6. The maximum atomic E-state index is 11.6. The number of aliphatic carboxylic acids is 1. The Balaban J connectivity index is 2.08. The van der Waals surface area contributed by atoms with Crippen molar-refractivity contribution < 1.29 is 9.90 Å². The van der Waals surface area contributed by atoms with Crippen LogP contribution >= 0.6 is 11.6 Å². The molecular formula is C17H17ClN2O2. The number of pyridine rings is 1. The molecule has 4 nitrogen and oxygen atoms in total. The Kier molecular flexibility index (Phi) is 4.41. The van der Waals surface area contributed by atoms with Crippen LogP contribution < -0.4 is 0 Å². The fourth-order valence-electron chi connectivity index (χ4n) is 3.11. The van der Waals surface area contributed by atoms with Gasteiger partial charge in [-0.2, -0.15) is 0 Å². The number of carboxylic acids is 1. The van der Waals surface area contributed by atoms with Crippen LogP contribution in [0.25, 0.3) is 0 Å². The summed E-state index contributed by atoms with van der Waals surface area (Å²) in [6, 6.07) is 12.5. The molecule has 0 radical (unpaired) electrons. The third-order valence-electron chi connectivity index (χ3n) is 4.08. The summed E-state index contributed by atoms with van der Waals surface area (Å²) >= 11 is 6.37. The topological polar surface area (TPSA) is 53.4 Å². The fourth-order valence-corrected chi connectivity index (χ4v) is 3.34. The second kappa shape index (κ2) is 6.46. The van der Waals surface area contributed by atoms with Gasteiger partial charge in [0.05, 0.1) is 11.7 Å². The molecule has 5 heteroatoms. The lowest BCUT2D eigenvalue weighted by Crippen LogP contribution is -2.39. The molecule has 2 unspecified atom stereocenters. The minimum absolute atomic E-state index is 0.238. The first-order valence-corrected chi connectivity index (χ1v) is 7.70. The zero-order valence-corrected chi connectivity index (χ0v) is 12.8. The van der Waals surface area contributed by atoms with Crippen LogP contribution in [-0.4, -0.2) is 33.5 Å². The van der Waals surface area contributed by atoms with E-state index in [0.717, 1.165) is 24.2 Å². The predicted octanol–water partition coefficient (Wildman–Crippen LogP) is 3.37. The summed E-state index contributed by atoms with van der Waals surface area (Å²) in [7, 11) is 0. The number of aromatic nitrogens is 1. The number of carboxylic acid groups (broad SMARTS) is 1. The van der Waals surface area contributed by atoms with Gasteiger partial charge in [-0.15, -0.1) is 0 Å². The minimum Gasteiger partial charge on any atom is -0.480 e. The minimum atomic E-state index is -0.787. The molecule has 1 saturated heterocycles. The summed E-state index contributed by atoms with van der Waals surface area (Å²) in [5.74, 6) is -0.787. The predicted molar refractivity (Wildman–Crippen MR) is 84.9 cm³/mol. The van der Waals surface area contributed by atoms with Crippen molar-refractivity contribution in [3.8, 4) is 0 Å². The number of halogens is 1. The monoisotopic (exact) mass is 316 g/mol. The first kappa shape index (κ1) is 15.0. The highest BCUT2D eigenvalue weighted by Crippen LogP contribution is 2.36. The molecule has 1 aromatic heterocycles. The van der Waals surface area contributed by atoms with Crippen molar-refractivity contribution >= 4 is 17.6 Å². The van der Waals surface area contributed by atoms with Gasteiger partial charge in [-0.05, 0) is 36.6 Å². The van der Waals surface area contributed by atoms with E-state index in [9.17, 15) is 9.90 Å². The Labute approximate surface area is 134 Å². The summed E-state index contributed by atoms with van der Waals surface area (Å²) in [4.78, 5) is 18.0. The Bertz CT molecular complexity index is 663. The third-order valence-corrected chi connectivity index (χ3v) is 4.42. The van der Waals surface area contributed by atoms with Crippen LogP contribution in [0.3, 0.4) is 0 Å². The van der Waals surface area contributed by atoms with Crippen molar-refractivity contribution in [1.82, 2.24) is 9.88 Å². The van der Waals surface area contributed by atoms with Gasteiger partial charge in [-0.3, -0.25) is 14.7 Å². The van der Waals surface area contributed by atoms with E-state index in [0.29, 0.717) is 11.4 Å². The third kappa shape index (κ3) is 2.85. The lowest BCUT2D eigenvalue weighted by Gasteiger charge is -2.31. The summed E-state index contributed by atoms with van der Waals surface area (Å²) in [6.07, 6.45) is 3.25. The molecule has 2 heterocycles. The molecule has 1 aliphatic rings. The van der Waals surface area contributed by atoms with E-state index >= 15 is 0 Å². The molecule has 1 N–H and O–H groups in total.